The molecule has 0 saturated heterocycles. The Morgan fingerprint density at radius 1 is 1.50 bits per heavy atom. The summed E-state index contributed by atoms with van der Waals surface area (Å²) in [5.74, 6) is 0.883. The van der Waals surface area contributed by atoms with E-state index < -0.39 is 0 Å². The Morgan fingerprint density at radius 3 is 2.64 bits per heavy atom. The molecule has 0 aromatic heterocycles. The van der Waals surface area contributed by atoms with Crippen LogP contribution < -0.4 is 4.74 Å². The van der Waals surface area contributed by atoms with E-state index in [9.17, 15) is 4.79 Å². The molecule has 0 spiro atoms. The molecule has 0 saturated carbocycles. The van der Waals surface area contributed by atoms with Gasteiger partial charge in [0.2, 0.25) is 0 Å². The number of ketones is 1. The number of rotatable bonds is 3. The molecule has 1 aromatic rings. The molecule has 0 unspecified atom stereocenters. The van der Waals surface area contributed by atoms with Crippen LogP contribution in [0.2, 0.25) is 0 Å². The predicted octanol–water partition coefficient (Wildman–Crippen LogP) is 3.20. The van der Waals surface area contributed by atoms with Crippen molar-refractivity contribution in [2.24, 2.45) is 0 Å². The van der Waals surface area contributed by atoms with Gasteiger partial charge in [-0.15, -0.1) is 0 Å². The second-order valence-corrected chi connectivity index (χ2v) is 4.23. The maximum absolute atomic E-state index is 11.2. The Bertz CT molecular complexity index is 359. The molecule has 1 aromatic carbocycles. The van der Waals surface area contributed by atoms with Gasteiger partial charge in [-0.2, -0.15) is 0 Å². The standard InChI is InChI=1S/C11H13IO2/c1-4-14-11-6-9(8(3)13)5-10(12)7(11)2/h5-6H,4H2,1-3H3. The van der Waals surface area contributed by atoms with Crippen LogP contribution in [0.15, 0.2) is 12.1 Å². The molecule has 0 aliphatic rings. The highest BCUT2D eigenvalue weighted by Crippen LogP contribution is 2.25. The maximum atomic E-state index is 11.2. The number of hydrogen-bond acceptors (Lipinski definition) is 2. The first-order valence-electron chi connectivity index (χ1n) is 4.50. The van der Waals surface area contributed by atoms with E-state index >= 15 is 0 Å². The Labute approximate surface area is 97.8 Å². The van der Waals surface area contributed by atoms with E-state index in [0.717, 1.165) is 14.9 Å². The predicted molar refractivity (Wildman–Crippen MR) is 65.1 cm³/mol. The highest BCUT2D eigenvalue weighted by Gasteiger charge is 2.08. The molecule has 0 aliphatic carbocycles. The van der Waals surface area contributed by atoms with Gasteiger partial charge in [0, 0.05) is 14.7 Å². The summed E-state index contributed by atoms with van der Waals surface area (Å²) >= 11 is 2.22. The van der Waals surface area contributed by atoms with Crippen molar-refractivity contribution < 1.29 is 9.53 Å². The topological polar surface area (TPSA) is 26.3 Å². The number of benzene rings is 1. The third-order valence-corrected chi connectivity index (χ3v) is 3.12. The van der Waals surface area contributed by atoms with Crippen LogP contribution in [-0.2, 0) is 0 Å². The van der Waals surface area contributed by atoms with Gasteiger partial charge in [0.15, 0.2) is 5.78 Å². The average molecular weight is 304 g/mol. The van der Waals surface area contributed by atoms with Crippen molar-refractivity contribution in [3.05, 3.63) is 26.8 Å². The van der Waals surface area contributed by atoms with Crippen molar-refractivity contribution in [3.63, 3.8) is 0 Å². The molecule has 0 amide bonds. The van der Waals surface area contributed by atoms with Crippen molar-refractivity contribution in [1.29, 1.82) is 0 Å². The number of hydrogen-bond donors (Lipinski definition) is 0. The number of carbonyl (C=O) groups is 1. The lowest BCUT2D eigenvalue weighted by Gasteiger charge is -2.10. The second kappa shape index (κ2) is 4.77. The molecule has 2 nitrogen and oxygen atoms in total. The van der Waals surface area contributed by atoms with E-state index in [0.29, 0.717) is 12.2 Å². The Morgan fingerprint density at radius 2 is 2.14 bits per heavy atom. The smallest absolute Gasteiger partial charge is 0.159 e. The fourth-order valence-electron chi connectivity index (χ4n) is 1.16. The van der Waals surface area contributed by atoms with Gasteiger partial charge >= 0.3 is 0 Å². The fourth-order valence-corrected chi connectivity index (χ4v) is 1.76. The number of halogens is 1. The zero-order valence-corrected chi connectivity index (χ0v) is 10.7. The molecule has 0 atom stereocenters. The van der Waals surface area contributed by atoms with Gasteiger partial charge in [0.25, 0.3) is 0 Å². The first-order chi connectivity index (χ1) is 6.56. The van der Waals surface area contributed by atoms with Gasteiger partial charge in [-0.1, -0.05) is 0 Å². The molecular formula is C11H13IO2. The minimum Gasteiger partial charge on any atom is -0.494 e. The molecule has 76 valence electrons. The summed E-state index contributed by atoms with van der Waals surface area (Å²) in [6.07, 6.45) is 0. The molecular weight excluding hydrogens is 291 g/mol. The Balaban J connectivity index is 3.20. The van der Waals surface area contributed by atoms with Crippen molar-refractivity contribution >= 4 is 28.4 Å². The van der Waals surface area contributed by atoms with Crippen molar-refractivity contribution in [2.45, 2.75) is 20.8 Å². The van der Waals surface area contributed by atoms with E-state index in [1.165, 1.54) is 0 Å². The SMILES string of the molecule is CCOc1cc(C(C)=O)cc(I)c1C. The molecule has 14 heavy (non-hydrogen) atoms. The lowest BCUT2D eigenvalue weighted by Crippen LogP contribution is -2.00. The van der Waals surface area contributed by atoms with Crippen molar-refractivity contribution in [1.82, 2.24) is 0 Å². The van der Waals surface area contributed by atoms with Crippen LogP contribution in [0.5, 0.6) is 5.75 Å². The summed E-state index contributed by atoms with van der Waals surface area (Å²) < 4.78 is 6.52. The second-order valence-electron chi connectivity index (χ2n) is 3.07. The third-order valence-electron chi connectivity index (χ3n) is 2.00. The van der Waals surface area contributed by atoms with Gasteiger partial charge in [0.05, 0.1) is 6.61 Å². The average Bonchev–Trinajstić information content (AvgIpc) is 2.12. The van der Waals surface area contributed by atoms with Crippen LogP contribution in [0, 0.1) is 10.5 Å². The molecule has 0 aliphatic heterocycles. The minimum absolute atomic E-state index is 0.0730. The van der Waals surface area contributed by atoms with E-state index in [2.05, 4.69) is 22.6 Å². The summed E-state index contributed by atoms with van der Waals surface area (Å²) in [7, 11) is 0. The zero-order chi connectivity index (χ0) is 10.7. The quantitative estimate of drug-likeness (QED) is 0.633. The van der Waals surface area contributed by atoms with Gasteiger partial charge in [-0.3, -0.25) is 4.79 Å². The lowest BCUT2D eigenvalue weighted by atomic mass is 10.1. The van der Waals surface area contributed by atoms with E-state index in [1.807, 2.05) is 26.0 Å². The molecule has 0 N–H and O–H groups in total. The third kappa shape index (κ3) is 2.47. The van der Waals surface area contributed by atoms with Crippen LogP contribution in [0.1, 0.15) is 29.8 Å². The minimum atomic E-state index is 0.0730. The van der Waals surface area contributed by atoms with Crippen molar-refractivity contribution in [3.8, 4) is 5.75 Å². The molecule has 0 radical (unpaired) electrons. The van der Waals surface area contributed by atoms with Crippen molar-refractivity contribution in [2.75, 3.05) is 6.61 Å². The summed E-state index contributed by atoms with van der Waals surface area (Å²) in [6, 6.07) is 3.70. The highest BCUT2D eigenvalue weighted by atomic mass is 127. The van der Waals surface area contributed by atoms with Crippen LogP contribution in [0.25, 0.3) is 0 Å². The van der Waals surface area contributed by atoms with Crippen LogP contribution in [0.4, 0.5) is 0 Å². The number of carbonyl (C=O) groups excluding carboxylic acids is 1. The highest BCUT2D eigenvalue weighted by molar-refractivity contribution is 14.1. The lowest BCUT2D eigenvalue weighted by molar-refractivity contribution is 0.101. The molecule has 0 fully saturated rings. The van der Waals surface area contributed by atoms with E-state index in [-0.39, 0.29) is 5.78 Å². The molecule has 0 bridgehead atoms. The van der Waals surface area contributed by atoms with Gasteiger partial charge < -0.3 is 4.74 Å². The fraction of sp³-hybridized carbons (Fsp3) is 0.364. The van der Waals surface area contributed by atoms with Gasteiger partial charge in [-0.25, -0.2) is 0 Å². The monoisotopic (exact) mass is 304 g/mol. The first kappa shape index (κ1) is 11.5. The maximum Gasteiger partial charge on any atom is 0.159 e. The number of ether oxygens (including phenoxy) is 1. The van der Waals surface area contributed by atoms with Crippen LogP contribution in [-0.4, -0.2) is 12.4 Å². The number of Topliss-reactive ketones (excluding diaryl/α,β-unsaturated/α-hetero) is 1. The summed E-state index contributed by atoms with van der Waals surface area (Å²) in [6.45, 7) is 6.12. The molecule has 3 heteroatoms. The van der Waals surface area contributed by atoms with E-state index in [1.54, 1.807) is 6.92 Å². The van der Waals surface area contributed by atoms with Gasteiger partial charge in [-0.05, 0) is 55.5 Å². The summed E-state index contributed by atoms with van der Waals surface area (Å²) in [5.41, 5.74) is 1.81. The Hall–Kier alpha value is -0.580. The van der Waals surface area contributed by atoms with Crippen LogP contribution >= 0.6 is 22.6 Å². The van der Waals surface area contributed by atoms with E-state index in [4.69, 9.17) is 4.74 Å². The summed E-state index contributed by atoms with van der Waals surface area (Å²) in [5, 5.41) is 0. The Kier molecular flexibility index (Phi) is 3.92. The summed E-state index contributed by atoms with van der Waals surface area (Å²) in [4.78, 5) is 11.2. The molecule has 0 heterocycles. The largest absolute Gasteiger partial charge is 0.494 e. The normalized spacial score (nSPS) is 10.0. The first-order valence-corrected chi connectivity index (χ1v) is 5.58. The zero-order valence-electron chi connectivity index (χ0n) is 8.56. The molecule has 1 rings (SSSR count). The van der Waals surface area contributed by atoms with Crippen LogP contribution in [0.3, 0.4) is 0 Å². The van der Waals surface area contributed by atoms with Gasteiger partial charge in [0.1, 0.15) is 5.75 Å².